The Bertz CT molecular complexity index is 667. The summed E-state index contributed by atoms with van der Waals surface area (Å²) in [6.07, 6.45) is 1.50. The van der Waals surface area contributed by atoms with Gasteiger partial charge in [0.25, 0.3) is 0 Å². The lowest BCUT2D eigenvalue weighted by molar-refractivity contribution is -0.387. The Morgan fingerprint density at radius 2 is 1.90 bits per heavy atom. The van der Waals surface area contributed by atoms with E-state index in [9.17, 15) is 22.9 Å². The fraction of sp³-hybridized carbons (Fsp3) is 0.538. The van der Waals surface area contributed by atoms with Crippen molar-refractivity contribution >= 4 is 15.7 Å². The molecule has 0 aromatic heterocycles. The predicted molar refractivity (Wildman–Crippen MR) is 74.9 cm³/mol. The monoisotopic (exact) mass is 316 g/mol. The van der Waals surface area contributed by atoms with Crippen molar-refractivity contribution in [1.82, 2.24) is 4.31 Å². The number of sulfonamides is 1. The zero-order valence-electron chi connectivity index (χ0n) is 11.9. The van der Waals surface area contributed by atoms with Gasteiger partial charge < -0.3 is 0 Å². The smallest absolute Gasteiger partial charge is 0.258 e. The van der Waals surface area contributed by atoms with Gasteiger partial charge in [-0.15, -0.1) is 0 Å². The third kappa shape index (κ3) is 3.06. The van der Waals surface area contributed by atoms with Crippen LogP contribution in [-0.2, 0) is 10.0 Å². The van der Waals surface area contributed by atoms with Gasteiger partial charge in [0.2, 0.25) is 15.8 Å². The number of halogens is 1. The fourth-order valence-corrected chi connectivity index (χ4v) is 3.95. The van der Waals surface area contributed by atoms with Gasteiger partial charge in [-0.05, 0) is 37.3 Å². The van der Waals surface area contributed by atoms with E-state index in [0.717, 1.165) is 25.0 Å². The molecule has 0 aliphatic carbocycles. The molecule has 1 fully saturated rings. The Labute approximate surface area is 122 Å². The molecule has 0 saturated carbocycles. The third-order valence-electron chi connectivity index (χ3n) is 3.79. The molecule has 0 unspecified atom stereocenters. The number of hydrogen-bond donors (Lipinski definition) is 0. The van der Waals surface area contributed by atoms with Gasteiger partial charge >= 0.3 is 5.69 Å². The summed E-state index contributed by atoms with van der Waals surface area (Å²) < 4.78 is 40.0. The third-order valence-corrected chi connectivity index (χ3v) is 5.66. The summed E-state index contributed by atoms with van der Waals surface area (Å²) in [5.74, 6) is -0.535. The van der Waals surface area contributed by atoms with E-state index in [0.29, 0.717) is 19.0 Å². The van der Waals surface area contributed by atoms with Crippen LogP contribution in [0.2, 0.25) is 0 Å². The molecule has 1 saturated heterocycles. The number of aryl methyl sites for hydroxylation is 1. The SMILES string of the molecule is Cc1cc(S(=O)(=O)N2CCC(C)CC2)cc([N+](=O)[O-])c1F. The van der Waals surface area contributed by atoms with Crippen molar-refractivity contribution in [3.63, 3.8) is 0 Å². The lowest BCUT2D eigenvalue weighted by atomic mass is 10.0. The van der Waals surface area contributed by atoms with Crippen molar-refractivity contribution in [1.29, 1.82) is 0 Å². The zero-order valence-corrected chi connectivity index (χ0v) is 12.7. The summed E-state index contributed by atoms with van der Waals surface area (Å²) in [7, 11) is -3.82. The van der Waals surface area contributed by atoms with E-state index in [2.05, 4.69) is 6.92 Å². The first-order valence-electron chi connectivity index (χ1n) is 6.68. The average molecular weight is 316 g/mol. The van der Waals surface area contributed by atoms with E-state index in [4.69, 9.17) is 0 Å². The molecule has 8 heteroatoms. The van der Waals surface area contributed by atoms with Crippen LogP contribution < -0.4 is 0 Å². The number of benzene rings is 1. The van der Waals surface area contributed by atoms with Gasteiger partial charge in [0.05, 0.1) is 9.82 Å². The van der Waals surface area contributed by atoms with Crippen LogP contribution in [0.15, 0.2) is 17.0 Å². The number of hydrogen-bond acceptors (Lipinski definition) is 4. The van der Waals surface area contributed by atoms with E-state index in [-0.39, 0.29) is 10.5 Å². The molecule has 0 radical (unpaired) electrons. The largest absolute Gasteiger partial charge is 0.306 e. The first kappa shape index (κ1) is 15.8. The number of nitrogens with zero attached hydrogens (tertiary/aromatic N) is 2. The van der Waals surface area contributed by atoms with Crippen LogP contribution in [0.1, 0.15) is 25.3 Å². The second-order valence-corrected chi connectivity index (χ2v) is 7.35. The highest BCUT2D eigenvalue weighted by molar-refractivity contribution is 7.89. The molecule has 0 bridgehead atoms. The van der Waals surface area contributed by atoms with E-state index >= 15 is 0 Å². The van der Waals surface area contributed by atoms with Gasteiger partial charge in [0.15, 0.2) is 0 Å². The molecule has 1 heterocycles. The van der Waals surface area contributed by atoms with Crippen LogP contribution in [0.3, 0.4) is 0 Å². The number of rotatable bonds is 3. The lowest BCUT2D eigenvalue weighted by Crippen LogP contribution is -2.37. The van der Waals surface area contributed by atoms with Gasteiger partial charge in [-0.3, -0.25) is 10.1 Å². The van der Waals surface area contributed by atoms with E-state index in [1.165, 1.54) is 11.2 Å². The van der Waals surface area contributed by atoms with Crippen molar-refractivity contribution in [2.75, 3.05) is 13.1 Å². The van der Waals surface area contributed by atoms with Crippen LogP contribution in [0, 0.1) is 28.8 Å². The lowest BCUT2D eigenvalue weighted by Gasteiger charge is -2.29. The maximum Gasteiger partial charge on any atom is 0.306 e. The number of nitro groups is 1. The van der Waals surface area contributed by atoms with Crippen LogP contribution in [-0.4, -0.2) is 30.7 Å². The minimum atomic E-state index is -3.82. The normalized spacial score (nSPS) is 17.9. The molecule has 0 N–H and O–H groups in total. The Morgan fingerprint density at radius 3 is 2.43 bits per heavy atom. The first-order valence-corrected chi connectivity index (χ1v) is 8.12. The van der Waals surface area contributed by atoms with E-state index in [1.807, 2.05) is 0 Å². The number of nitro benzene ring substituents is 1. The molecule has 1 aliphatic heterocycles. The second kappa shape index (κ2) is 5.69. The van der Waals surface area contributed by atoms with Crippen LogP contribution in [0.25, 0.3) is 0 Å². The molecular weight excluding hydrogens is 299 g/mol. The van der Waals surface area contributed by atoms with Gasteiger partial charge in [0.1, 0.15) is 0 Å². The highest BCUT2D eigenvalue weighted by Gasteiger charge is 2.31. The highest BCUT2D eigenvalue weighted by atomic mass is 32.2. The van der Waals surface area contributed by atoms with Crippen LogP contribution in [0.4, 0.5) is 10.1 Å². The average Bonchev–Trinajstić information content (AvgIpc) is 2.41. The quantitative estimate of drug-likeness (QED) is 0.633. The molecule has 1 aromatic rings. The molecule has 6 nitrogen and oxygen atoms in total. The predicted octanol–water partition coefficient (Wildman–Crippen LogP) is 2.46. The molecule has 116 valence electrons. The summed E-state index contributed by atoms with van der Waals surface area (Å²) in [6, 6.07) is 1.95. The van der Waals surface area contributed by atoms with E-state index < -0.39 is 26.5 Å². The van der Waals surface area contributed by atoms with Crippen molar-refractivity contribution in [3.8, 4) is 0 Å². The topological polar surface area (TPSA) is 80.5 Å². The molecule has 1 aromatic carbocycles. The minimum absolute atomic E-state index is 0.0480. The van der Waals surface area contributed by atoms with Crippen molar-refractivity contribution in [2.24, 2.45) is 5.92 Å². The standard InChI is InChI=1S/C13H17FN2O4S/c1-9-3-5-15(6-4-9)21(19,20)11-7-10(2)13(14)12(8-11)16(17)18/h7-9H,3-6H2,1-2H3. The maximum absolute atomic E-state index is 13.7. The summed E-state index contributed by atoms with van der Waals surface area (Å²) in [6.45, 7) is 4.14. The fourth-order valence-electron chi connectivity index (χ4n) is 2.37. The highest BCUT2D eigenvalue weighted by Crippen LogP contribution is 2.29. The molecule has 1 aliphatic rings. The van der Waals surface area contributed by atoms with Gasteiger partial charge in [-0.2, -0.15) is 8.70 Å². The molecule has 2 rings (SSSR count). The molecular formula is C13H17FN2O4S. The van der Waals surface area contributed by atoms with Gasteiger partial charge in [0, 0.05) is 19.2 Å². The van der Waals surface area contributed by atoms with Crippen molar-refractivity contribution in [2.45, 2.75) is 31.6 Å². The van der Waals surface area contributed by atoms with Gasteiger partial charge in [-0.1, -0.05) is 6.92 Å². The molecule has 0 atom stereocenters. The Balaban J connectivity index is 2.43. The van der Waals surface area contributed by atoms with Crippen LogP contribution >= 0.6 is 0 Å². The van der Waals surface area contributed by atoms with Gasteiger partial charge in [-0.25, -0.2) is 8.42 Å². The minimum Gasteiger partial charge on any atom is -0.258 e. The molecule has 0 amide bonds. The summed E-state index contributed by atoms with van der Waals surface area (Å²) >= 11 is 0. The molecule has 21 heavy (non-hydrogen) atoms. The Kier molecular flexibility index (Phi) is 4.29. The maximum atomic E-state index is 13.7. The van der Waals surface area contributed by atoms with Crippen LogP contribution in [0.5, 0.6) is 0 Å². The summed E-state index contributed by atoms with van der Waals surface area (Å²) in [4.78, 5) is 9.71. The Morgan fingerprint density at radius 1 is 1.33 bits per heavy atom. The summed E-state index contributed by atoms with van der Waals surface area (Å²) in [5.41, 5.74) is -0.855. The number of piperidine rings is 1. The zero-order chi connectivity index (χ0) is 15.8. The van der Waals surface area contributed by atoms with Crippen molar-refractivity contribution in [3.05, 3.63) is 33.6 Å². The first-order chi connectivity index (χ1) is 9.73. The summed E-state index contributed by atoms with van der Waals surface area (Å²) in [5, 5.41) is 10.8. The second-order valence-electron chi connectivity index (χ2n) is 5.42. The molecule has 0 spiro atoms. The van der Waals surface area contributed by atoms with Crippen molar-refractivity contribution < 1.29 is 17.7 Å². The van der Waals surface area contributed by atoms with E-state index in [1.54, 1.807) is 0 Å². The Hall–Kier alpha value is -1.54.